The Morgan fingerprint density at radius 2 is 1.47 bits per heavy atom. The van der Waals surface area contributed by atoms with Crippen molar-refractivity contribution in [3.8, 4) is 11.5 Å². The predicted molar refractivity (Wildman–Crippen MR) is 181 cm³/mol. The van der Waals surface area contributed by atoms with Crippen LogP contribution in [0, 0.1) is 0 Å². The number of hydrogen-bond acceptors (Lipinski definition) is 4. The molecule has 4 aromatic carbocycles. The van der Waals surface area contributed by atoms with E-state index in [1.54, 1.807) is 26.4 Å². The molecular weight excluding hydrogens is 562 g/mol. The molecule has 0 saturated carbocycles. The first-order valence-corrected chi connectivity index (χ1v) is 15.9. The number of benzene rings is 4. The van der Waals surface area contributed by atoms with Crippen molar-refractivity contribution in [1.82, 2.24) is 9.88 Å². The molecule has 2 amide bonds. The summed E-state index contributed by atoms with van der Waals surface area (Å²) in [6.45, 7) is 2.55. The lowest BCUT2D eigenvalue weighted by Crippen LogP contribution is -2.46. The highest BCUT2D eigenvalue weighted by Crippen LogP contribution is 2.45. The molecule has 0 fully saturated rings. The lowest BCUT2D eigenvalue weighted by Gasteiger charge is -2.42. The largest absolute Gasteiger partial charge is 0.493 e. The van der Waals surface area contributed by atoms with Crippen molar-refractivity contribution >= 4 is 39.3 Å². The summed E-state index contributed by atoms with van der Waals surface area (Å²) in [5.74, 6) is 1.15. The number of nitrogens with one attached hydrogen (secondary N) is 1. The number of amides is 2. The molecule has 2 unspecified atom stereocenters. The van der Waals surface area contributed by atoms with Gasteiger partial charge in [0.2, 0.25) is 5.91 Å². The lowest BCUT2D eigenvalue weighted by atomic mass is 9.87. The van der Waals surface area contributed by atoms with Gasteiger partial charge in [-0.25, -0.2) is 0 Å². The average molecular weight is 604 g/mol. The number of aromatic nitrogens is 1. The molecule has 1 aliphatic heterocycles. The average Bonchev–Trinajstić information content (AvgIpc) is 3.42. The zero-order chi connectivity index (χ0) is 31.3. The molecule has 5 aromatic rings. The highest BCUT2D eigenvalue weighted by molar-refractivity contribution is 6.09. The van der Waals surface area contributed by atoms with Gasteiger partial charge in [0.25, 0.3) is 5.91 Å². The first-order valence-electron chi connectivity index (χ1n) is 15.9. The number of carbonyl (C=O) groups is 2. The van der Waals surface area contributed by atoms with Gasteiger partial charge in [-0.2, -0.15) is 0 Å². The van der Waals surface area contributed by atoms with Gasteiger partial charge in [0.05, 0.1) is 20.3 Å². The van der Waals surface area contributed by atoms with E-state index in [9.17, 15) is 9.59 Å². The fourth-order valence-electron chi connectivity index (χ4n) is 6.87. The third-order valence-electron chi connectivity index (χ3n) is 9.05. The van der Waals surface area contributed by atoms with Gasteiger partial charge in [-0.3, -0.25) is 9.59 Å². The first kappa shape index (κ1) is 30.3. The number of anilines is 1. The molecule has 0 bridgehead atoms. The molecule has 7 heteroatoms. The van der Waals surface area contributed by atoms with Crippen LogP contribution in [0.15, 0.2) is 91.0 Å². The summed E-state index contributed by atoms with van der Waals surface area (Å²) in [5, 5.41) is 5.46. The van der Waals surface area contributed by atoms with Crippen molar-refractivity contribution in [3.05, 3.63) is 102 Å². The van der Waals surface area contributed by atoms with Crippen LogP contribution in [-0.2, 0) is 4.79 Å². The Labute approximate surface area is 264 Å². The molecule has 1 N–H and O–H groups in total. The van der Waals surface area contributed by atoms with Crippen molar-refractivity contribution < 1.29 is 19.1 Å². The van der Waals surface area contributed by atoms with Crippen LogP contribution in [0.3, 0.4) is 0 Å². The minimum atomic E-state index is -0.0516. The van der Waals surface area contributed by atoms with Crippen LogP contribution >= 0.6 is 0 Å². The van der Waals surface area contributed by atoms with Gasteiger partial charge in [0.1, 0.15) is 0 Å². The number of fused-ring (bicyclic) bond motifs is 4. The summed E-state index contributed by atoms with van der Waals surface area (Å²) in [6, 6.07) is 31.0. The zero-order valence-corrected chi connectivity index (χ0v) is 26.3. The summed E-state index contributed by atoms with van der Waals surface area (Å²) < 4.78 is 13.5. The summed E-state index contributed by atoms with van der Waals surface area (Å²) in [6.07, 6.45) is 4.97. The summed E-state index contributed by atoms with van der Waals surface area (Å²) >= 11 is 0. The van der Waals surface area contributed by atoms with Crippen LogP contribution in [-0.4, -0.2) is 43.2 Å². The van der Waals surface area contributed by atoms with E-state index in [2.05, 4.69) is 76.6 Å². The van der Waals surface area contributed by atoms with Crippen LogP contribution < -0.4 is 19.7 Å². The minimum Gasteiger partial charge on any atom is -0.493 e. The number of unbranched alkanes of at least 4 members (excludes halogenated alkanes) is 2. The van der Waals surface area contributed by atoms with Gasteiger partial charge < -0.3 is 24.3 Å². The highest BCUT2D eigenvalue weighted by Gasteiger charge is 2.38. The maximum absolute atomic E-state index is 14.5. The Hall–Kier alpha value is -4.78. The summed E-state index contributed by atoms with van der Waals surface area (Å²) in [5.41, 5.74) is 5.03. The molecule has 0 spiro atoms. The maximum atomic E-state index is 14.5. The molecule has 0 saturated heterocycles. The van der Waals surface area contributed by atoms with Crippen LogP contribution in [0.2, 0.25) is 0 Å². The molecule has 2 heterocycles. The molecule has 7 nitrogen and oxygen atoms in total. The van der Waals surface area contributed by atoms with Gasteiger partial charge in [0.15, 0.2) is 11.5 Å². The molecule has 232 valence electrons. The highest BCUT2D eigenvalue weighted by atomic mass is 16.5. The van der Waals surface area contributed by atoms with Gasteiger partial charge in [-0.05, 0) is 61.2 Å². The predicted octanol–water partition coefficient (Wildman–Crippen LogP) is 7.91. The van der Waals surface area contributed by atoms with Crippen LogP contribution in [0.25, 0.3) is 21.8 Å². The van der Waals surface area contributed by atoms with E-state index < -0.39 is 0 Å². The fourth-order valence-corrected chi connectivity index (χ4v) is 6.87. The van der Waals surface area contributed by atoms with E-state index >= 15 is 0 Å². The Morgan fingerprint density at radius 3 is 2.16 bits per heavy atom. The molecule has 2 atom stereocenters. The maximum Gasteiger partial charge on any atom is 0.258 e. The second-order valence-corrected chi connectivity index (χ2v) is 11.7. The normalized spacial score (nSPS) is 16.0. The number of rotatable bonds is 11. The number of para-hydroxylation sites is 3. The monoisotopic (exact) mass is 603 g/mol. The van der Waals surface area contributed by atoms with Crippen molar-refractivity contribution in [2.75, 3.05) is 25.7 Å². The topological polar surface area (TPSA) is 72.8 Å². The van der Waals surface area contributed by atoms with E-state index in [4.69, 9.17) is 9.47 Å². The van der Waals surface area contributed by atoms with Crippen molar-refractivity contribution in [1.29, 1.82) is 0 Å². The molecule has 45 heavy (non-hydrogen) atoms. The first-order chi connectivity index (χ1) is 22.0. The van der Waals surface area contributed by atoms with Gasteiger partial charge in [-0.15, -0.1) is 0 Å². The Morgan fingerprint density at radius 1 is 0.800 bits per heavy atom. The second kappa shape index (κ2) is 13.5. The lowest BCUT2D eigenvalue weighted by molar-refractivity contribution is -0.120. The van der Waals surface area contributed by atoms with Crippen molar-refractivity contribution in [3.63, 3.8) is 0 Å². The summed E-state index contributed by atoms with van der Waals surface area (Å²) in [7, 11) is 3.18. The fraction of sp³-hybridized carbons (Fsp3) is 0.316. The quantitative estimate of drug-likeness (QED) is 0.156. The van der Waals surface area contributed by atoms with E-state index in [0.717, 1.165) is 43.4 Å². The Kier molecular flexibility index (Phi) is 9.06. The van der Waals surface area contributed by atoms with Crippen LogP contribution in [0.1, 0.15) is 67.4 Å². The number of ether oxygens (including phenoxy) is 2. The molecule has 0 radical (unpaired) electrons. The SMILES string of the molecule is CCC(=O)NCCCCCC1CC(n2c3ccccc3c3ccccc32)c2ccccc2N1C(=O)c1ccc(OC)c(OC)c1. The second-order valence-electron chi connectivity index (χ2n) is 11.7. The standard InChI is InChI=1S/C38H41N3O4/c1-4-37(42)39-23-13-5-6-14-27-25-34(41-31-18-10-7-15-28(31)29-16-8-11-19-32(29)41)30-17-9-12-20-33(30)40(27)38(43)26-21-22-35(44-2)36(24-26)45-3/h7-12,15-22,24,27,34H,4-6,13-14,23,25H2,1-3H3,(H,39,42). The third-order valence-corrected chi connectivity index (χ3v) is 9.05. The number of hydrogen-bond donors (Lipinski definition) is 1. The van der Waals surface area contributed by atoms with E-state index in [1.807, 2.05) is 24.0 Å². The Bertz CT molecular complexity index is 1770. The molecular formula is C38H41N3O4. The smallest absolute Gasteiger partial charge is 0.258 e. The summed E-state index contributed by atoms with van der Waals surface area (Å²) in [4.78, 5) is 28.2. The van der Waals surface area contributed by atoms with Crippen LogP contribution in [0.5, 0.6) is 11.5 Å². The molecule has 1 aromatic heterocycles. The van der Waals surface area contributed by atoms with E-state index in [0.29, 0.717) is 30.0 Å². The van der Waals surface area contributed by atoms with Gasteiger partial charge in [0, 0.05) is 52.1 Å². The van der Waals surface area contributed by atoms with Crippen LogP contribution in [0.4, 0.5) is 5.69 Å². The van der Waals surface area contributed by atoms with Gasteiger partial charge in [-0.1, -0.05) is 74.4 Å². The molecule has 6 rings (SSSR count). The Balaban J connectivity index is 1.40. The van der Waals surface area contributed by atoms with E-state index in [-0.39, 0.29) is 23.9 Å². The van der Waals surface area contributed by atoms with Crippen molar-refractivity contribution in [2.24, 2.45) is 0 Å². The number of carbonyl (C=O) groups excluding carboxylic acids is 2. The van der Waals surface area contributed by atoms with Gasteiger partial charge >= 0.3 is 0 Å². The third kappa shape index (κ3) is 5.87. The number of methoxy groups -OCH3 is 2. The van der Waals surface area contributed by atoms with Crippen molar-refractivity contribution in [2.45, 2.75) is 57.5 Å². The van der Waals surface area contributed by atoms with E-state index in [1.165, 1.54) is 21.8 Å². The minimum absolute atomic E-state index is 0.0318. The number of nitrogens with zero attached hydrogens (tertiary/aromatic N) is 2. The zero-order valence-electron chi connectivity index (χ0n) is 26.3. The molecule has 1 aliphatic rings. The molecule has 0 aliphatic carbocycles.